The molecule has 0 saturated carbocycles. The zero-order valence-electron chi connectivity index (χ0n) is 14.9. The van der Waals surface area contributed by atoms with Gasteiger partial charge in [-0.3, -0.25) is 4.79 Å². The number of nitrogens with one attached hydrogen (secondary N) is 1. The van der Waals surface area contributed by atoms with Gasteiger partial charge >= 0.3 is 0 Å². The van der Waals surface area contributed by atoms with E-state index in [0.717, 1.165) is 29.2 Å². The Morgan fingerprint density at radius 3 is 2.85 bits per heavy atom. The van der Waals surface area contributed by atoms with Gasteiger partial charge in [0, 0.05) is 25.2 Å². The van der Waals surface area contributed by atoms with Crippen molar-refractivity contribution in [3.63, 3.8) is 0 Å². The summed E-state index contributed by atoms with van der Waals surface area (Å²) in [5, 5.41) is 3.38. The number of fused-ring (bicyclic) bond motifs is 2. The lowest BCUT2D eigenvalue weighted by Crippen LogP contribution is -2.51. The first-order valence-electron chi connectivity index (χ1n) is 9.41. The summed E-state index contributed by atoms with van der Waals surface area (Å²) >= 11 is 0. The van der Waals surface area contributed by atoms with Gasteiger partial charge in [-0.05, 0) is 29.7 Å². The fourth-order valence-corrected chi connectivity index (χ4v) is 4.33. The van der Waals surface area contributed by atoms with Gasteiger partial charge in [0.05, 0.1) is 12.0 Å². The summed E-state index contributed by atoms with van der Waals surface area (Å²) in [6, 6.07) is 10.7. The highest BCUT2D eigenvalue weighted by molar-refractivity contribution is 5.87. The van der Waals surface area contributed by atoms with Crippen molar-refractivity contribution in [3.05, 3.63) is 58.9 Å². The summed E-state index contributed by atoms with van der Waals surface area (Å²) in [6.07, 6.45) is 0.476. The molecule has 2 atom stereocenters. The van der Waals surface area contributed by atoms with Crippen LogP contribution in [0.15, 0.2) is 36.4 Å². The predicted molar refractivity (Wildman–Crippen MR) is 97.6 cm³/mol. The van der Waals surface area contributed by atoms with E-state index in [4.69, 9.17) is 9.47 Å². The zero-order chi connectivity index (χ0) is 18.4. The average molecular weight is 368 g/mol. The molecule has 2 aliphatic heterocycles. The monoisotopic (exact) mass is 368 g/mol. The second kappa shape index (κ2) is 6.53. The normalized spacial score (nSPS) is 23.4. The Kier molecular flexibility index (Phi) is 4.01. The van der Waals surface area contributed by atoms with Crippen LogP contribution in [0.2, 0.25) is 0 Å². The molecular weight excluding hydrogens is 347 g/mol. The third-order valence-corrected chi connectivity index (χ3v) is 5.72. The molecule has 5 nitrogen and oxygen atoms in total. The number of halogens is 1. The van der Waals surface area contributed by atoms with Crippen LogP contribution in [0.1, 0.15) is 28.7 Å². The molecule has 1 amide bonds. The highest BCUT2D eigenvalue weighted by atomic mass is 19.1. The van der Waals surface area contributed by atoms with Crippen LogP contribution in [-0.4, -0.2) is 43.7 Å². The number of carbonyl (C=O) groups excluding carboxylic acids is 1. The van der Waals surface area contributed by atoms with E-state index in [1.54, 1.807) is 6.07 Å². The predicted octanol–water partition coefficient (Wildman–Crippen LogP) is 2.41. The number of nitrogens with zero attached hydrogens (tertiary/aromatic N) is 1. The fourth-order valence-electron chi connectivity index (χ4n) is 4.33. The maximum Gasteiger partial charge on any atom is 0.231 e. The van der Waals surface area contributed by atoms with Crippen molar-refractivity contribution in [2.45, 2.75) is 18.4 Å². The first-order valence-corrected chi connectivity index (χ1v) is 9.41. The Balaban J connectivity index is 1.46. The molecule has 0 bridgehead atoms. The van der Waals surface area contributed by atoms with Crippen molar-refractivity contribution >= 4 is 5.91 Å². The molecule has 0 radical (unpaired) electrons. The highest BCUT2D eigenvalue weighted by Gasteiger charge is 2.40. The van der Waals surface area contributed by atoms with Crippen LogP contribution in [0.3, 0.4) is 0 Å². The number of hydrogen-bond acceptors (Lipinski definition) is 4. The van der Waals surface area contributed by atoms with Gasteiger partial charge in [0.15, 0.2) is 11.5 Å². The number of benzene rings is 2. The van der Waals surface area contributed by atoms with Crippen molar-refractivity contribution < 1.29 is 18.7 Å². The minimum Gasteiger partial charge on any atom is -0.486 e. The maximum atomic E-state index is 13.9. The third kappa shape index (κ3) is 2.67. The van der Waals surface area contributed by atoms with E-state index in [2.05, 4.69) is 5.32 Å². The Morgan fingerprint density at radius 1 is 1.11 bits per heavy atom. The summed E-state index contributed by atoms with van der Waals surface area (Å²) in [4.78, 5) is 15.2. The van der Waals surface area contributed by atoms with E-state index < -0.39 is 0 Å². The lowest BCUT2D eigenvalue weighted by atomic mass is 9.76. The standard InChI is InChI=1S/C21H21FN2O3/c22-17-5-1-3-13-15(17)11-16(13)21(25)24-8-7-23-12-18(24)14-4-2-6-19-20(14)27-10-9-26-19/h1-6,16,18,23H,7-12H2. The number of ether oxygens (including phenoxy) is 2. The minimum absolute atomic E-state index is 0.0638. The Hall–Kier alpha value is -2.60. The molecule has 2 aromatic rings. The van der Waals surface area contributed by atoms with Crippen molar-refractivity contribution in [1.82, 2.24) is 10.2 Å². The smallest absolute Gasteiger partial charge is 0.231 e. The average Bonchev–Trinajstić information content (AvgIpc) is 2.69. The molecular formula is C21H21FN2O3. The molecule has 2 unspecified atom stereocenters. The Bertz CT molecular complexity index is 901. The van der Waals surface area contributed by atoms with Crippen LogP contribution in [0.4, 0.5) is 4.39 Å². The van der Waals surface area contributed by atoms with Crippen molar-refractivity contribution in [3.8, 4) is 11.5 Å². The maximum absolute atomic E-state index is 13.9. The Morgan fingerprint density at radius 2 is 1.93 bits per heavy atom. The third-order valence-electron chi connectivity index (χ3n) is 5.72. The van der Waals surface area contributed by atoms with Gasteiger partial charge < -0.3 is 19.7 Å². The van der Waals surface area contributed by atoms with Gasteiger partial charge in [-0.25, -0.2) is 4.39 Å². The lowest BCUT2D eigenvalue weighted by Gasteiger charge is -2.41. The SMILES string of the molecule is O=C(C1Cc2c(F)cccc21)N1CCNCC1c1cccc2c1OCCO2. The molecule has 0 spiro atoms. The van der Waals surface area contributed by atoms with Crippen LogP contribution in [0, 0.1) is 5.82 Å². The molecule has 6 heteroatoms. The summed E-state index contributed by atoms with van der Waals surface area (Å²) in [5.41, 5.74) is 2.47. The number of rotatable bonds is 2. The molecule has 3 aliphatic rings. The van der Waals surface area contributed by atoms with Gasteiger partial charge in [0.2, 0.25) is 5.91 Å². The second-order valence-corrected chi connectivity index (χ2v) is 7.19. The summed E-state index contributed by atoms with van der Waals surface area (Å²) in [7, 11) is 0. The van der Waals surface area contributed by atoms with Gasteiger partial charge in [-0.15, -0.1) is 0 Å². The number of para-hydroxylation sites is 1. The van der Waals surface area contributed by atoms with Crippen molar-refractivity contribution in [2.24, 2.45) is 0 Å². The van der Waals surface area contributed by atoms with E-state index in [-0.39, 0.29) is 23.7 Å². The quantitative estimate of drug-likeness (QED) is 0.885. The van der Waals surface area contributed by atoms with Crippen molar-refractivity contribution in [2.75, 3.05) is 32.8 Å². The van der Waals surface area contributed by atoms with E-state index in [1.807, 2.05) is 29.2 Å². The fraction of sp³-hybridized carbons (Fsp3) is 0.381. The van der Waals surface area contributed by atoms with Crippen LogP contribution in [-0.2, 0) is 11.2 Å². The number of carbonyl (C=O) groups is 1. The summed E-state index contributed by atoms with van der Waals surface area (Å²) in [5.74, 6) is 1.06. The van der Waals surface area contributed by atoms with E-state index in [9.17, 15) is 9.18 Å². The molecule has 0 aromatic heterocycles. The first kappa shape index (κ1) is 16.6. The van der Waals surface area contributed by atoms with Crippen LogP contribution < -0.4 is 14.8 Å². The highest BCUT2D eigenvalue weighted by Crippen LogP contribution is 2.42. The molecule has 2 heterocycles. The molecule has 140 valence electrons. The van der Waals surface area contributed by atoms with Crippen LogP contribution in [0.25, 0.3) is 0 Å². The van der Waals surface area contributed by atoms with E-state index in [1.165, 1.54) is 6.07 Å². The molecule has 1 saturated heterocycles. The molecule has 2 aromatic carbocycles. The molecule has 1 fully saturated rings. The number of piperazine rings is 1. The molecule has 27 heavy (non-hydrogen) atoms. The summed E-state index contributed by atoms with van der Waals surface area (Å²) in [6.45, 7) is 3.07. The number of amides is 1. The Labute approximate surface area is 157 Å². The van der Waals surface area contributed by atoms with Crippen molar-refractivity contribution in [1.29, 1.82) is 0 Å². The van der Waals surface area contributed by atoms with Gasteiger partial charge in [-0.1, -0.05) is 24.3 Å². The van der Waals surface area contributed by atoms with Gasteiger partial charge in [0.25, 0.3) is 0 Å². The van der Waals surface area contributed by atoms with E-state index in [0.29, 0.717) is 38.3 Å². The van der Waals surface area contributed by atoms with Gasteiger partial charge in [0.1, 0.15) is 19.0 Å². The second-order valence-electron chi connectivity index (χ2n) is 7.19. The minimum atomic E-state index is -0.256. The van der Waals surface area contributed by atoms with Crippen LogP contribution >= 0.6 is 0 Å². The molecule has 1 aliphatic carbocycles. The largest absolute Gasteiger partial charge is 0.486 e. The number of hydrogen-bond donors (Lipinski definition) is 1. The van der Waals surface area contributed by atoms with E-state index >= 15 is 0 Å². The first-order chi connectivity index (χ1) is 13.2. The summed E-state index contributed by atoms with van der Waals surface area (Å²) < 4.78 is 25.4. The topological polar surface area (TPSA) is 50.8 Å². The zero-order valence-corrected chi connectivity index (χ0v) is 14.9. The van der Waals surface area contributed by atoms with Gasteiger partial charge in [-0.2, -0.15) is 0 Å². The molecule has 1 N–H and O–H groups in total. The lowest BCUT2D eigenvalue weighted by molar-refractivity contribution is -0.136. The van der Waals surface area contributed by atoms with Crippen LogP contribution in [0.5, 0.6) is 11.5 Å². The molecule has 5 rings (SSSR count).